The number of hydrogen-bond acceptors (Lipinski definition) is 3. The average molecular weight is 269 g/mol. The molecular weight excluding hydrogens is 238 g/mol. The molecule has 0 fully saturated rings. The van der Waals surface area contributed by atoms with Crippen LogP contribution in [-0.2, 0) is 9.63 Å². The summed E-state index contributed by atoms with van der Waals surface area (Å²) < 4.78 is 0. The first-order valence-corrected chi connectivity index (χ1v) is 7.80. The van der Waals surface area contributed by atoms with E-state index in [1.807, 2.05) is 6.08 Å². The van der Waals surface area contributed by atoms with Crippen LogP contribution in [0.3, 0.4) is 0 Å². The van der Waals surface area contributed by atoms with E-state index in [9.17, 15) is 4.79 Å². The maximum atomic E-state index is 11.0. The lowest BCUT2D eigenvalue weighted by Gasteiger charge is -2.01. The van der Waals surface area contributed by atoms with Gasteiger partial charge in [-0.15, -0.1) is 0 Å². The summed E-state index contributed by atoms with van der Waals surface area (Å²) in [6.45, 7) is 3.99. The second-order valence-electron chi connectivity index (χ2n) is 5.26. The summed E-state index contributed by atoms with van der Waals surface area (Å²) >= 11 is 0. The number of unbranched alkanes of at least 4 members (excludes halogenated alkanes) is 10. The Labute approximate surface area is 118 Å². The Kier molecular flexibility index (Phi) is 13.0. The maximum absolute atomic E-state index is 11.0. The van der Waals surface area contributed by atoms with Crippen molar-refractivity contribution in [1.82, 2.24) is 0 Å². The van der Waals surface area contributed by atoms with Gasteiger partial charge in [0, 0.05) is 5.57 Å². The molecule has 19 heavy (non-hydrogen) atoms. The fourth-order valence-electron chi connectivity index (χ4n) is 2.13. The maximum Gasteiger partial charge on any atom is 0.351 e. The van der Waals surface area contributed by atoms with Gasteiger partial charge in [-0.1, -0.05) is 70.8 Å². The first-order valence-electron chi connectivity index (χ1n) is 7.80. The topological polar surface area (TPSA) is 52.3 Å². The quantitative estimate of drug-likeness (QED) is 0.318. The van der Waals surface area contributed by atoms with Crippen LogP contribution in [0.4, 0.5) is 0 Å². The van der Waals surface area contributed by atoms with Gasteiger partial charge in [0.1, 0.15) is 0 Å². The van der Waals surface area contributed by atoms with E-state index in [0.717, 1.165) is 12.8 Å². The molecule has 0 amide bonds. The van der Waals surface area contributed by atoms with Crippen molar-refractivity contribution in [3.05, 3.63) is 11.6 Å². The van der Waals surface area contributed by atoms with Crippen molar-refractivity contribution in [2.45, 2.75) is 84.5 Å². The minimum absolute atomic E-state index is 0.424. The zero-order chi connectivity index (χ0) is 14.3. The van der Waals surface area contributed by atoms with Crippen LogP contribution < -0.4 is 5.90 Å². The summed E-state index contributed by atoms with van der Waals surface area (Å²) in [5.41, 5.74) is 0.610. The van der Waals surface area contributed by atoms with Gasteiger partial charge in [-0.05, 0) is 19.8 Å². The van der Waals surface area contributed by atoms with Crippen molar-refractivity contribution in [3.63, 3.8) is 0 Å². The lowest BCUT2D eigenvalue weighted by Crippen LogP contribution is -2.10. The normalized spacial score (nSPS) is 11.6. The number of rotatable bonds is 12. The third-order valence-electron chi connectivity index (χ3n) is 3.44. The van der Waals surface area contributed by atoms with E-state index in [1.54, 1.807) is 6.92 Å². The van der Waals surface area contributed by atoms with Gasteiger partial charge in [0.05, 0.1) is 0 Å². The molecule has 2 N–H and O–H groups in total. The Bertz CT molecular complexity index is 249. The Morgan fingerprint density at radius 1 is 0.947 bits per heavy atom. The van der Waals surface area contributed by atoms with Gasteiger partial charge in [0.15, 0.2) is 0 Å². The van der Waals surface area contributed by atoms with Gasteiger partial charge in [0.2, 0.25) is 0 Å². The minimum Gasteiger partial charge on any atom is -0.370 e. The second kappa shape index (κ2) is 13.6. The molecule has 0 radical (unpaired) electrons. The third-order valence-corrected chi connectivity index (χ3v) is 3.44. The van der Waals surface area contributed by atoms with Crippen molar-refractivity contribution in [2.24, 2.45) is 5.90 Å². The van der Waals surface area contributed by atoms with Crippen LogP contribution in [0.5, 0.6) is 0 Å². The van der Waals surface area contributed by atoms with Crippen molar-refractivity contribution in [1.29, 1.82) is 0 Å². The standard InChI is InChI=1S/C16H31NO2/c1-3-4-5-6-7-8-9-10-11-12-13-14-15(2)16(18)19-17/h14H,3-13,17H2,1-2H3. The minimum atomic E-state index is -0.424. The summed E-state index contributed by atoms with van der Waals surface area (Å²) in [7, 11) is 0. The van der Waals surface area contributed by atoms with Gasteiger partial charge in [0.25, 0.3) is 0 Å². The van der Waals surface area contributed by atoms with E-state index in [-0.39, 0.29) is 0 Å². The first kappa shape index (κ1) is 18.2. The molecule has 0 bridgehead atoms. The summed E-state index contributed by atoms with van der Waals surface area (Å²) in [6, 6.07) is 0. The van der Waals surface area contributed by atoms with E-state index in [4.69, 9.17) is 5.90 Å². The van der Waals surface area contributed by atoms with E-state index < -0.39 is 5.97 Å². The molecule has 0 saturated carbocycles. The monoisotopic (exact) mass is 269 g/mol. The van der Waals surface area contributed by atoms with Gasteiger partial charge in [-0.25, -0.2) is 4.79 Å². The Balaban J connectivity index is 3.25. The average Bonchev–Trinajstić information content (AvgIpc) is 2.43. The Morgan fingerprint density at radius 3 is 1.89 bits per heavy atom. The van der Waals surface area contributed by atoms with Crippen molar-refractivity contribution >= 4 is 5.97 Å². The van der Waals surface area contributed by atoms with Crippen molar-refractivity contribution in [3.8, 4) is 0 Å². The van der Waals surface area contributed by atoms with Crippen LogP contribution in [0.25, 0.3) is 0 Å². The summed E-state index contributed by atoms with van der Waals surface area (Å²) in [5, 5.41) is 0. The molecule has 0 aliphatic heterocycles. The summed E-state index contributed by atoms with van der Waals surface area (Å²) in [5.74, 6) is 4.39. The molecule has 3 heteroatoms. The van der Waals surface area contributed by atoms with Crippen LogP contribution in [0.1, 0.15) is 84.5 Å². The number of carbonyl (C=O) groups is 1. The fourth-order valence-corrected chi connectivity index (χ4v) is 2.13. The summed E-state index contributed by atoms with van der Waals surface area (Å²) in [4.78, 5) is 15.2. The SMILES string of the molecule is CCCCCCCCCCCCC=C(C)C(=O)ON. The number of allylic oxidation sites excluding steroid dienone is 1. The molecule has 112 valence electrons. The lowest BCUT2D eigenvalue weighted by atomic mass is 10.1. The molecule has 0 aliphatic rings. The predicted molar refractivity (Wildman–Crippen MR) is 80.5 cm³/mol. The van der Waals surface area contributed by atoms with E-state index >= 15 is 0 Å². The number of hydrogen-bond donors (Lipinski definition) is 1. The smallest absolute Gasteiger partial charge is 0.351 e. The zero-order valence-corrected chi connectivity index (χ0v) is 12.7. The van der Waals surface area contributed by atoms with Gasteiger partial charge in [-0.2, -0.15) is 5.90 Å². The number of carbonyl (C=O) groups excluding carboxylic acids is 1. The molecule has 0 rings (SSSR count). The third kappa shape index (κ3) is 12.0. The highest BCUT2D eigenvalue weighted by atomic mass is 16.7. The highest BCUT2D eigenvalue weighted by Gasteiger charge is 2.01. The molecule has 0 atom stereocenters. The fraction of sp³-hybridized carbons (Fsp3) is 0.812. The lowest BCUT2D eigenvalue weighted by molar-refractivity contribution is -0.139. The molecule has 0 aromatic carbocycles. The van der Waals surface area contributed by atoms with Crippen molar-refractivity contribution in [2.75, 3.05) is 0 Å². The summed E-state index contributed by atoms with van der Waals surface area (Å²) in [6.07, 6.45) is 16.2. The molecule has 0 aromatic heterocycles. The first-order chi connectivity index (χ1) is 9.22. The van der Waals surface area contributed by atoms with Crippen LogP contribution in [0.15, 0.2) is 11.6 Å². The van der Waals surface area contributed by atoms with Crippen LogP contribution >= 0.6 is 0 Å². The van der Waals surface area contributed by atoms with Gasteiger partial charge < -0.3 is 4.84 Å². The zero-order valence-electron chi connectivity index (χ0n) is 12.7. The molecule has 0 aromatic rings. The van der Waals surface area contributed by atoms with E-state index in [0.29, 0.717) is 5.57 Å². The Morgan fingerprint density at radius 2 is 1.42 bits per heavy atom. The van der Waals surface area contributed by atoms with E-state index in [2.05, 4.69) is 11.8 Å². The van der Waals surface area contributed by atoms with Crippen LogP contribution in [0, 0.1) is 0 Å². The molecule has 3 nitrogen and oxygen atoms in total. The van der Waals surface area contributed by atoms with Crippen LogP contribution in [0.2, 0.25) is 0 Å². The largest absolute Gasteiger partial charge is 0.370 e. The second-order valence-corrected chi connectivity index (χ2v) is 5.26. The Hall–Kier alpha value is -0.830. The van der Waals surface area contributed by atoms with Crippen molar-refractivity contribution < 1.29 is 9.63 Å². The number of nitrogens with two attached hydrogens (primary N) is 1. The molecule has 0 spiro atoms. The highest BCUT2D eigenvalue weighted by molar-refractivity contribution is 5.87. The highest BCUT2D eigenvalue weighted by Crippen LogP contribution is 2.11. The molecule has 0 saturated heterocycles. The molecule has 0 heterocycles. The van der Waals surface area contributed by atoms with Gasteiger partial charge >= 0.3 is 5.97 Å². The van der Waals surface area contributed by atoms with Gasteiger partial charge in [-0.3, -0.25) is 0 Å². The molecular formula is C16H31NO2. The molecule has 0 unspecified atom stereocenters. The van der Waals surface area contributed by atoms with E-state index in [1.165, 1.54) is 57.8 Å². The predicted octanol–water partition coefficient (Wildman–Crippen LogP) is 4.66. The van der Waals surface area contributed by atoms with Crippen LogP contribution in [-0.4, -0.2) is 5.97 Å². The molecule has 0 aliphatic carbocycles.